The lowest BCUT2D eigenvalue weighted by Gasteiger charge is -2.21. The van der Waals surface area contributed by atoms with Crippen LogP contribution in [0.2, 0.25) is 0 Å². The molecule has 0 saturated carbocycles. The van der Waals surface area contributed by atoms with E-state index < -0.39 is 0 Å². The summed E-state index contributed by atoms with van der Waals surface area (Å²) in [4.78, 5) is 0. The summed E-state index contributed by atoms with van der Waals surface area (Å²) in [6.45, 7) is 12.3. The highest BCUT2D eigenvalue weighted by atomic mass is 15.3. The summed E-state index contributed by atoms with van der Waals surface area (Å²) in [5.74, 6) is 1.36. The fraction of sp³-hybridized carbons (Fsp3) is 0.800. The highest BCUT2D eigenvalue weighted by Gasteiger charge is 2.15. The second-order valence-electron chi connectivity index (χ2n) is 5.83. The minimum absolute atomic E-state index is 0.572. The Bertz CT molecular complexity index is 355. The molecule has 0 aromatic carbocycles. The van der Waals surface area contributed by atoms with Gasteiger partial charge >= 0.3 is 0 Å². The zero-order valence-corrected chi connectivity index (χ0v) is 12.8. The second kappa shape index (κ2) is 6.93. The van der Waals surface area contributed by atoms with Gasteiger partial charge in [-0.3, -0.25) is 4.68 Å². The van der Waals surface area contributed by atoms with Crippen LogP contribution in [-0.4, -0.2) is 22.4 Å². The summed E-state index contributed by atoms with van der Waals surface area (Å²) in [7, 11) is 2.05. The maximum atomic E-state index is 4.52. The van der Waals surface area contributed by atoms with Crippen molar-refractivity contribution < 1.29 is 0 Å². The minimum Gasteiger partial charge on any atom is -0.314 e. The van der Waals surface area contributed by atoms with Gasteiger partial charge in [0.2, 0.25) is 0 Å². The highest BCUT2D eigenvalue weighted by molar-refractivity contribution is 5.10. The third-order valence-electron chi connectivity index (χ3n) is 3.74. The van der Waals surface area contributed by atoms with Gasteiger partial charge in [0.05, 0.1) is 5.69 Å². The van der Waals surface area contributed by atoms with Gasteiger partial charge in [-0.25, -0.2) is 0 Å². The monoisotopic (exact) mass is 251 g/mol. The van der Waals surface area contributed by atoms with Crippen LogP contribution in [0.1, 0.15) is 46.0 Å². The van der Waals surface area contributed by atoms with Gasteiger partial charge in [-0.05, 0) is 37.3 Å². The SMILES string of the molecule is CCc1cc(CC(C)C(C)CNC(C)C)n(C)n1. The van der Waals surface area contributed by atoms with Gasteiger partial charge in [0.25, 0.3) is 0 Å². The topological polar surface area (TPSA) is 29.9 Å². The molecule has 18 heavy (non-hydrogen) atoms. The van der Waals surface area contributed by atoms with Crippen LogP contribution in [0, 0.1) is 11.8 Å². The molecule has 0 fully saturated rings. The first-order chi connectivity index (χ1) is 8.43. The summed E-state index contributed by atoms with van der Waals surface area (Å²) in [5, 5.41) is 8.04. The lowest BCUT2D eigenvalue weighted by molar-refractivity contribution is 0.349. The molecule has 2 atom stereocenters. The number of nitrogens with zero attached hydrogens (tertiary/aromatic N) is 2. The molecular formula is C15H29N3. The Morgan fingerprint density at radius 1 is 1.22 bits per heavy atom. The third kappa shape index (κ3) is 4.45. The highest BCUT2D eigenvalue weighted by Crippen LogP contribution is 2.17. The molecule has 1 aromatic rings. The summed E-state index contributed by atoms with van der Waals surface area (Å²) in [5.41, 5.74) is 2.56. The van der Waals surface area contributed by atoms with Crippen LogP contribution in [0.3, 0.4) is 0 Å². The van der Waals surface area contributed by atoms with Gasteiger partial charge in [-0.2, -0.15) is 5.10 Å². The van der Waals surface area contributed by atoms with E-state index in [0.29, 0.717) is 17.9 Å². The molecule has 1 N–H and O–H groups in total. The van der Waals surface area contributed by atoms with Gasteiger partial charge in [0.1, 0.15) is 0 Å². The summed E-state index contributed by atoms with van der Waals surface area (Å²) in [6.07, 6.45) is 2.14. The van der Waals surface area contributed by atoms with E-state index >= 15 is 0 Å². The lowest BCUT2D eigenvalue weighted by atomic mass is 9.91. The average molecular weight is 251 g/mol. The van der Waals surface area contributed by atoms with Gasteiger partial charge in [-0.1, -0.05) is 34.6 Å². The van der Waals surface area contributed by atoms with E-state index in [2.05, 4.69) is 58.1 Å². The standard InChI is InChI=1S/C15H29N3/c1-7-14-9-15(18(6)17-14)8-12(4)13(5)10-16-11(2)3/h9,11-13,16H,7-8,10H2,1-6H3. The zero-order valence-electron chi connectivity index (χ0n) is 12.8. The first kappa shape index (κ1) is 15.2. The van der Waals surface area contributed by atoms with Crippen molar-refractivity contribution in [3.05, 3.63) is 17.5 Å². The van der Waals surface area contributed by atoms with Crippen molar-refractivity contribution in [2.75, 3.05) is 6.54 Å². The van der Waals surface area contributed by atoms with Crippen molar-refractivity contribution in [2.45, 2.75) is 53.5 Å². The molecule has 104 valence electrons. The van der Waals surface area contributed by atoms with Crippen LogP contribution in [-0.2, 0) is 19.9 Å². The smallest absolute Gasteiger partial charge is 0.0624 e. The first-order valence-electron chi connectivity index (χ1n) is 7.19. The summed E-state index contributed by atoms with van der Waals surface area (Å²) >= 11 is 0. The number of hydrogen-bond donors (Lipinski definition) is 1. The second-order valence-corrected chi connectivity index (χ2v) is 5.83. The fourth-order valence-corrected chi connectivity index (χ4v) is 2.09. The molecule has 0 aliphatic rings. The molecule has 3 nitrogen and oxygen atoms in total. The van der Waals surface area contributed by atoms with E-state index in [4.69, 9.17) is 0 Å². The maximum Gasteiger partial charge on any atom is 0.0624 e. The molecule has 0 saturated heterocycles. The normalized spacial score (nSPS) is 15.1. The van der Waals surface area contributed by atoms with E-state index in [0.717, 1.165) is 19.4 Å². The van der Waals surface area contributed by atoms with Gasteiger partial charge in [0, 0.05) is 18.8 Å². The van der Waals surface area contributed by atoms with Crippen LogP contribution in [0.5, 0.6) is 0 Å². The number of aromatic nitrogens is 2. The number of hydrogen-bond acceptors (Lipinski definition) is 2. The van der Waals surface area contributed by atoms with Crippen LogP contribution < -0.4 is 5.32 Å². The van der Waals surface area contributed by atoms with E-state index in [9.17, 15) is 0 Å². The van der Waals surface area contributed by atoms with Crippen LogP contribution in [0.25, 0.3) is 0 Å². The molecule has 0 aliphatic carbocycles. The molecule has 2 unspecified atom stereocenters. The largest absolute Gasteiger partial charge is 0.314 e. The van der Waals surface area contributed by atoms with Gasteiger partial charge in [-0.15, -0.1) is 0 Å². The van der Waals surface area contributed by atoms with Crippen LogP contribution in [0.4, 0.5) is 0 Å². The predicted molar refractivity (Wildman–Crippen MR) is 77.8 cm³/mol. The zero-order chi connectivity index (χ0) is 13.7. The Balaban J connectivity index is 2.52. The Labute approximate surface area is 112 Å². The fourth-order valence-electron chi connectivity index (χ4n) is 2.09. The average Bonchev–Trinajstić information content (AvgIpc) is 2.67. The number of aryl methyl sites for hydroxylation is 2. The van der Waals surface area contributed by atoms with E-state index in [1.165, 1.54) is 11.4 Å². The minimum atomic E-state index is 0.572. The van der Waals surface area contributed by atoms with Crippen molar-refractivity contribution in [2.24, 2.45) is 18.9 Å². The van der Waals surface area contributed by atoms with Crippen molar-refractivity contribution in [1.29, 1.82) is 0 Å². The van der Waals surface area contributed by atoms with Crippen molar-refractivity contribution in [3.63, 3.8) is 0 Å². The first-order valence-corrected chi connectivity index (χ1v) is 7.19. The van der Waals surface area contributed by atoms with Crippen LogP contribution >= 0.6 is 0 Å². The molecule has 0 bridgehead atoms. The Morgan fingerprint density at radius 3 is 2.39 bits per heavy atom. The molecule has 0 aliphatic heterocycles. The quantitative estimate of drug-likeness (QED) is 0.807. The molecule has 1 heterocycles. The third-order valence-corrected chi connectivity index (χ3v) is 3.74. The van der Waals surface area contributed by atoms with Crippen molar-refractivity contribution >= 4 is 0 Å². The molecule has 1 aromatic heterocycles. The lowest BCUT2D eigenvalue weighted by Crippen LogP contribution is -2.31. The van der Waals surface area contributed by atoms with Crippen molar-refractivity contribution in [3.8, 4) is 0 Å². The molecular weight excluding hydrogens is 222 g/mol. The molecule has 3 heteroatoms. The Morgan fingerprint density at radius 2 is 1.89 bits per heavy atom. The predicted octanol–water partition coefficient (Wildman–Crippen LogP) is 2.80. The van der Waals surface area contributed by atoms with E-state index in [1.54, 1.807) is 0 Å². The maximum absolute atomic E-state index is 4.52. The summed E-state index contributed by atoms with van der Waals surface area (Å²) in [6, 6.07) is 2.82. The summed E-state index contributed by atoms with van der Waals surface area (Å²) < 4.78 is 2.04. The molecule has 0 amide bonds. The Kier molecular flexibility index (Phi) is 5.86. The van der Waals surface area contributed by atoms with Gasteiger partial charge < -0.3 is 5.32 Å². The number of nitrogens with one attached hydrogen (secondary N) is 1. The van der Waals surface area contributed by atoms with Crippen LogP contribution in [0.15, 0.2) is 6.07 Å². The van der Waals surface area contributed by atoms with E-state index in [1.807, 2.05) is 4.68 Å². The molecule has 0 radical (unpaired) electrons. The molecule has 0 spiro atoms. The van der Waals surface area contributed by atoms with E-state index in [-0.39, 0.29) is 0 Å². The molecule has 1 rings (SSSR count). The Hall–Kier alpha value is -0.830. The van der Waals surface area contributed by atoms with Crippen molar-refractivity contribution in [1.82, 2.24) is 15.1 Å². The number of rotatable bonds is 7. The van der Waals surface area contributed by atoms with Gasteiger partial charge in [0.15, 0.2) is 0 Å².